The number of amides is 2. The first kappa shape index (κ1) is 27.2. The molecule has 38 heavy (non-hydrogen) atoms. The summed E-state index contributed by atoms with van der Waals surface area (Å²) in [6, 6.07) is 16.6. The zero-order valence-electron chi connectivity index (χ0n) is 20.2. The molecule has 0 saturated carbocycles. The quantitative estimate of drug-likeness (QED) is 0.266. The van der Waals surface area contributed by atoms with E-state index >= 15 is 0 Å². The molecule has 1 aliphatic heterocycles. The number of thiocarbonyl (C=S) groups is 1. The summed E-state index contributed by atoms with van der Waals surface area (Å²) in [7, 11) is 1.44. The maximum absolute atomic E-state index is 13.1. The van der Waals surface area contributed by atoms with Crippen molar-refractivity contribution in [2.75, 3.05) is 23.9 Å². The Bertz CT molecular complexity index is 1420. The number of nitrogens with one attached hydrogen (secondary N) is 1. The molecular formula is C27H21F3N2O4S2. The number of hydrogen-bond acceptors (Lipinski definition) is 6. The van der Waals surface area contributed by atoms with Crippen LogP contribution < -0.4 is 19.7 Å². The second-order valence-electron chi connectivity index (χ2n) is 8.18. The average molecular weight is 559 g/mol. The van der Waals surface area contributed by atoms with Crippen molar-refractivity contribution < 1.29 is 32.2 Å². The lowest BCUT2D eigenvalue weighted by molar-refractivity contribution is -0.137. The Kier molecular flexibility index (Phi) is 8.08. The number of thioether (sulfide) groups is 1. The summed E-state index contributed by atoms with van der Waals surface area (Å²) in [5.41, 5.74) is 1.45. The largest absolute Gasteiger partial charge is 0.493 e. The van der Waals surface area contributed by atoms with Crippen molar-refractivity contribution in [1.82, 2.24) is 0 Å². The van der Waals surface area contributed by atoms with E-state index < -0.39 is 17.6 Å². The first-order chi connectivity index (χ1) is 18.0. The number of nitrogens with zero attached hydrogens (tertiary/aromatic N) is 1. The molecule has 2 amide bonds. The average Bonchev–Trinajstić information content (AvgIpc) is 3.16. The lowest BCUT2D eigenvalue weighted by Gasteiger charge is -2.16. The smallest absolute Gasteiger partial charge is 0.416 e. The first-order valence-corrected chi connectivity index (χ1v) is 12.4. The molecule has 0 spiro atoms. The van der Waals surface area contributed by atoms with Gasteiger partial charge in [-0.15, -0.1) is 0 Å². The molecule has 1 saturated heterocycles. The Morgan fingerprint density at radius 3 is 2.50 bits per heavy atom. The highest BCUT2D eigenvalue weighted by Gasteiger charge is 2.36. The monoisotopic (exact) mass is 558 g/mol. The number of carbonyl (C=O) groups excluding carboxylic acids is 2. The summed E-state index contributed by atoms with van der Waals surface area (Å²) in [5.74, 6) is -0.236. The van der Waals surface area contributed by atoms with E-state index in [2.05, 4.69) is 5.32 Å². The molecule has 0 aromatic heterocycles. The molecule has 4 rings (SSSR count). The Morgan fingerprint density at radius 2 is 1.82 bits per heavy atom. The van der Waals surface area contributed by atoms with Gasteiger partial charge in [0.2, 0.25) is 0 Å². The van der Waals surface area contributed by atoms with Crippen molar-refractivity contribution in [1.29, 1.82) is 0 Å². The molecule has 0 atom stereocenters. The molecule has 3 aromatic rings. The second kappa shape index (κ2) is 11.3. The minimum absolute atomic E-state index is 0.0379. The molecule has 1 aliphatic rings. The van der Waals surface area contributed by atoms with Crippen LogP contribution in [0.5, 0.6) is 11.5 Å². The van der Waals surface area contributed by atoms with Crippen molar-refractivity contribution in [2.24, 2.45) is 0 Å². The van der Waals surface area contributed by atoms with Gasteiger partial charge in [-0.3, -0.25) is 14.5 Å². The Hall–Kier alpha value is -3.83. The molecule has 0 unspecified atom stereocenters. The number of alkyl halides is 3. The summed E-state index contributed by atoms with van der Waals surface area (Å²) in [6.07, 6.45) is -2.99. The lowest BCUT2D eigenvalue weighted by atomic mass is 10.1. The Labute approximate surface area is 226 Å². The van der Waals surface area contributed by atoms with Crippen LogP contribution in [-0.2, 0) is 15.8 Å². The summed E-state index contributed by atoms with van der Waals surface area (Å²) >= 11 is 6.26. The van der Waals surface area contributed by atoms with Crippen LogP contribution in [0.4, 0.5) is 24.5 Å². The molecule has 3 aromatic carbocycles. The predicted molar refractivity (Wildman–Crippen MR) is 145 cm³/mol. The van der Waals surface area contributed by atoms with Gasteiger partial charge in [-0.25, -0.2) is 0 Å². The third-order valence-electron chi connectivity index (χ3n) is 5.40. The zero-order chi connectivity index (χ0) is 27.4. The van der Waals surface area contributed by atoms with Crippen LogP contribution in [-0.4, -0.2) is 29.9 Å². The van der Waals surface area contributed by atoms with Gasteiger partial charge in [-0.05, 0) is 61.0 Å². The SMILES string of the molecule is COc1cc(/C=C2\SC(=S)N(c3cccc(C(F)(F)F)c3)C2=O)ccc1OCC(=O)Nc1ccc(C)cc1. The summed E-state index contributed by atoms with van der Waals surface area (Å²) < 4.78 is 50.5. The Morgan fingerprint density at radius 1 is 1.08 bits per heavy atom. The van der Waals surface area contributed by atoms with Crippen molar-refractivity contribution >= 4 is 57.6 Å². The highest BCUT2D eigenvalue weighted by atomic mass is 32.2. The minimum Gasteiger partial charge on any atom is -0.493 e. The van der Waals surface area contributed by atoms with Gasteiger partial charge in [0, 0.05) is 5.69 Å². The second-order valence-corrected chi connectivity index (χ2v) is 9.85. The minimum atomic E-state index is -4.55. The van der Waals surface area contributed by atoms with Crippen LogP contribution in [0.15, 0.2) is 71.6 Å². The third kappa shape index (κ3) is 6.35. The van der Waals surface area contributed by atoms with E-state index in [1.807, 2.05) is 19.1 Å². The maximum Gasteiger partial charge on any atom is 0.416 e. The number of rotatable bonds is 7. The normalized spacial score (nSPS) is 14.7. The lowest BCUT2D eigenvalue weighted by Crippen LogP contribution is -2.27. The van der Waals surface area contributed by atoms with Gasteiger partial charge >= 0.3 is 6.18 Å². The molecule has 0 bridgehead atoms. The van der Waals surface area contributed by atoms with E-state index in [0.717, 1.165) is 34.4 Å². The number of hydrogen-bond donors (Lipinski definition) is 1. The number of benzene rings is 3. The number of halogens is 3. The van der Waals surface area contributed by atoms with E-state index in [0.29, 0.717) is 22.7 Å². The van der Waals surface area contributed by atoms with Crippen LogP contribution in [0, 0.1) is 6.92 Å². The number of anilines is 2. The van der Waals surface area contributed by atoms with E-state index in [1.54, 1.807) is 36.4 Å². The summed E-state index contributed by atoms with van der Waals surface area (Å²) in [6.45, 7) is 1.70. The number of ether oxygens (including phenoxy) is 2. The molecule has 196 valence electrons. The molecule has 6 nitrogen and oxygen atoms in total. The Balaban J connectivity index is 1.47. The predicted octanol–water partition coefficient (Wildman–Crippen LogP) is 6.45. The van der Waals surface area contributed by atoms with Gasteiger partial charge < -0.3 is 14.8 Å². The van der Waals surface area contributed by atoms with Crippen LogP contribution >= 0.6 is 24.0 Å². The van der Waals surface area contributed by atoms with Crippen molar-refractivity contribution in [3.8, 4) is 11.5 Å². The first-order valence-electron chi connectivity index (χ1n) is 11.2. The van der Waals surface area contributed by atoms with Gasteiger partial charge in [0.1, 0.15) is 0 Å². The van der Waals surface area contributed by atoms with Crippen LogP contribution in [0.1, 0.15) is 16.7 Å². The van der Waals surface area contributed by atoms with E-state index in [4.69, 9.17) is 21.7 Å². The molecule has 0 radical (unpaired) electrons. The highest BCUT2D eigenvalue weighted by Crippen LogP contribution is 2.39. The molecule has 1 N–H and O–H groups in total. The molecular weight excluding hydrogens is 537 g/mol. The molecule has 1 heterocycles. The van der Waals surface area contributed by atoms with Gasteiger partial charge in [0.25, 0.3) is 11.8 Å². The summed E-state index contributed by atoms with van der Waals surface area (Å²) in [5, 5.41) is 2.74. The fraction of sp³-hybridized carbons (Fsp3) is 0.148. The molecule has 1 fully saturated rings. The van der Waals surface area contributed by atoms with Crippen molar-refractivity contribution in [3.63, 3.8) is 0 Å². The van der Waals surface area contributed by atoms with E-state index in [9.17, 15) is 22.8 Å². The van der Waals surface area contributed by atoms with Gasteiger partial charge in [-0.1, -0.05) is 53.8 Å². The number of methoxy groups -OCH3 is 1. The summed E-state index contributed by atoms with van der Waals surface area (Å²) in [4.78, 5) is 26.6. The molecule has 0 aliphatic carbocycles. The maximum atomic E-state index is 13.1. The van der Waals surface area contributed by atoms with E-state index in [1.165, 1.54) is 19.2 Å². The number of aryl methyl sites for hydroxylation is 1. The van der Waals surface area contributed by atoms with Gasteiger partial charge in [0.05, 0.1) is 23.3 Å². The zero-order valence-corrected chi connectivity index (χ0v) is 21.8. The third-order valence-corrected chi connectivity index (χ3v) is 6.71. The topological polar surface area (TPSA) is 67.9 Å². The van der Waals surface area contributed by atoms with E-state index in [-0.39, 0.29) is 27.4 Å². The standard InChI is InChI=1S/C27H21F3N2O4S2/c1-16-6-9-19(10-7-16)31-24(33)15-36-21-11-8-17(12-22(21)35-2)13-23-25(34)32(26(37)38-23)20-5-3-4-18(14-20)27(28,29)30/h3-14H,15H2,1-2H3,(H,31,33)/b23-13-. The van der Waals surface area contributed by atoms with Crippen molar-refractivity contribution in [2.45, 2.75) is 13.1 Å². The molecule has 11 heteroatoms. The van der Waals surface area contributed by atoms with Crippen LogP contribution in [0.2, 0.25) is 0 Å². The van der Waals surface area contributed by atoms with Crippen LogP contribution in [0.3, 0.4) is 0 Å². The van der Waals surface area contributed by atoms with Gasteiger partial charge in [0.15, 0.2) is 22.4 Å². The van der Waals surface area contributed by atoms with Crippen LogP contribution in [0.25, 0.3) is 6.08 Å². The highest BCUT2D eigenvalue weighted by molar-refractivity contribution is 8.27. The number of carbonyl (C=O) groups is 2. The van der Waals surface area contributed by atoms with Gasteiger partial charge in [-0.2, -0.15) is 13.2 Å². The van der Waals surface area contributed by atoms with Crippen molar-refractivity contribution in [3.05, 3.63) is 88.3 Å². The fourth-order valence-electron chi connectivity index (χ4n) is 3.53. The fourth-order valence-corrected chi connectivity index (χ4v) is 4.83.